The second-order valence-corrected chi connectivity index (χ2v) is 7.58. The molecule has 2 N–H and O–H groups in total. The Labute approximate surface area is 175 Å². The van der Waals surface area contributed by atoms with E-state index >= 15 is 0 Å². The molecule has 2 aromatic carbocycles. The second-order valence-electron chi connectivity index (χ2n) is 7.17. The molecular formula is C21H23Cl2N3O2. The lowest BCUT2D eigenvalue weighted by molar-refractivity contribution is -0.126. The Balaban J connectivity index is 0.00000225. The zero-order valence-corrected chi connectivity index (χ0v) is 16.9. The van der Waals surface area contributed by atoms with Gasteiger partial charge in [-0.15, -0.1) is 12.4 Å². The molecule has 0 spiro atoms. The van der Waals surface area contributed by atoms with Crippen LogP contribution in [0.15, 0.2) is 48.5 Å². The zero-order chi connectivity index (χ0) is 18.8. The maximum atomic E-state index is 13.2. The van der Waals surface area contributed by atoms with Gasteiger partial charge in [0.15, 0.2) is 0 Å². The SMILES string of the molecule is Cl.O=C(NCC1CNC1)C1Cc2ccccc2CN1C(=O)c1ccccc1Cl. The minimum atomic E-state index is -0.531. The quantitative estimate of drug-likeness (QED) is 0.800. The van der Waals surface area contributed by atoms with Crippen LogP contribution >= 0.6 is 24.0 Å². The lowest BCUT2D eigenvalue weighted by atomic mass is 9.92. The number of hydrogen-bond donors (Lipinski definition) is 2. The number of hydrogen-bond acceptors (Lipinski definition) is 3. The van der Waals surface area contributed by atoms with Crippen molar-refractivity contribution in [1.29, 1.82) is 0 Å². The molecule has 0 radical (unpaired) electrons. The van der Waals surface area contributed by atoms with Crippen LogP contribution in [0, 0.1) is 5.92 Å². The molecule has 2 aliphatic rings. The topological polar surface area (TPSA) is 61.4 Å². The standard InChI is InChI=1S/C21H22ClN3O2.ClH/c22-18-8-4-3-7-17(18)21(27)25-13-16-6-2-1-5-15(16)9-19(25)20(26)24-12-14-10-23-11-14;/h1-8,14,19,23H,9-13H2,(H,24,26);1H. The molecular weight excluding hydrogens is 397 g/mol. The fraction of sp³-hybridized carbons (Fsp3) is 0.333. The van der Waals surface area contributed by atoms with E-state index in [0.717, 1.165) is 24.2 Å². The normalized spacial score (nSPS) is 18.5. The van der Waals surface area contributed by atoms with E-state index in [1.54, 1.807) is 29.2 Å². The summed E-state index contributed by atoms with van der Waals surface area (Å²) in [6, 6.07) is 14.4. The van der Waals surface area contributed by atoms with Crippen LogP contribution < -0.4 is 10.6 Å². The molecule has 0 aromatic heterocycles. The second kappa shape index (κ2) is 8.95. The van der Waals surface area contributed by atoms with Gasteiger partial charge in [0.05, 0.1) is 10.6 Å². The fourth-order valence-corrected chi connectivity index (χ4v) is 3.83. The third-order valence-electron chi connectivity index (χ3n) is 5.35. The van der Waals surface area contributed by atoms with Crippen LogP contribution in [0.4, 0.5) is 0 Å². The number of benzene rings is 2. The van der Waals surface area contributed by atoms with E-state index in [2.05, 4.69) is 10.6 Å². The van der Waals surface area contributed by atoms with Crippen molar-refractivity contribution in [1.82, 2.24) is 15.5 Å². The van der Waals surface area contributed by atoms with Gasteiger partial charge in [-0.05, 0) is 23.3 Å². The predicted octanol–water partition coefficient (Wildman–Crippen LogP) is 2.66. The van der Waals surface area contributed by atoms with Crippen molar-refractivity contribution in [3.05, 3.63) is 70.2 Å². The molecule has 1 saturated heterocycles. The first kappa shape index (κ1) is 20.6. The molecule has 28 heavy (non-hydrogen) atoms. The molecule has 4 rings (SSSR count). The van der Waals surface area contributed by atoms with Crippen LogP contribution in [0.3, 0.4) is 0 Å². The van der Waals surface area contributed by atoms with Gasteiger partial charge in [-0.25, -0.2) is 0 Å². The first-order valence-electron chi connectivity index (χ1n) is 9.24. The number of amides is 2. The highest BCUT2D eigenvalue weighted by Crippen LogP contribution is 2.27. The Bertz CT molecular complexity index is 870. The molecule has 7 heteroatoms. The predicted molar refractivity (Wildman–Crippen MR) is 112 cm³/mol. The molecule has 2 aliphatic heterocycles. The molecule has 0 bridgehead atoms. The fourth-order valence-electron chi connectivity index (χ4n) is 3.62. The van der Waals surface area contributed by atoms with Crippen molar-refractivity contribution in [2.75, 3.05) is 19.6 Å². The van der Waals surface area contributed by atoms with Gasteiger partial charge in [-0.3, -0.25) is 9.59 Å². The lowest BCUT2D eigenvalue weighted by Crippen LogP contribution is -2.55. The largest absolute Gasteiger partial charge is 0.354 e. The highest BCUT2D eigenvalue weighted by Gasteiger charge is 2.35. The van der Waals surface area contributed by atoms with Crippen molar-refractivity contribution >= 4 is 35.8 Å². The third kappa shape index (κ3) is 4.17. The molecule has 1 atom stereocenters. The van der Waals surface area contributed by atoms with Crippen molar-refractivity contribution in [2.45, 2.75) is 19.0 Å². The van der Waals surface area contributed by atoms with E-state index in [0.29, 0.717) is 36.0 Å². The molecule has 1 fully saturated rings. The Morgan fingerprint density at radius 1 is 1.07 bits per heavy atom. The van der Waals surface area contributed by atoms with Gasteiger partial charge < -0.3 is 15.5 Å². The van der Waals surface area contributed by atoms with Crippen molar-refractivity contribution in [3.63, 3.8) is 0 Å². The van der Waals surface area contributed by atoms with Gasteiger partial charge in [-0.1, -0.05) is 48.0 Å². The monoisotopic (exact) mass is 419 g/mol. The van der Waals surface area contributed by atoms with E-state index < -0.39 is 6.04 Å². The number of fused-ring (bicyclic) bond motifs is 1. The Hall–Kier alpha value is -2.08. The van der Waals surface area contributed by atoms with Crippen LogP contribution in [0.5, 0.6) is 0 Å². The van der Waals surface area contributed by atoms with E-state index in [-0.39, 0.29) is 24.2 Å². The molecule has 5 nitrogen and oxygen atoms in total. The molecule has 148 valence electrons. The zero-order valence-electron chi connectivity index (χ0n) is 15.4. The third-order valence-corrected chi connectivity index (χ3v) is 5.68. The van der Waals surface area contributed by atoms with Gasteiger partial charge >= 0.3 is 0 Å². The first-order valence-corrected chi connectivity index (χ1v) is 9.62. The van der Waals surface area contributed by atoms with Crippen LogP contribution in [-0.2, 0) is 17.8 Å². The summed E-state index contributed by atoms with van der Waals surface area (Å²) in [6.45, 7) is 2.90. The van der Waals surface area contributed by atoms with Gasteiger partial charge in [0.25, 0.3) is 5.91 Å². The molecule has 2 aromatic rings. The Kier molecular flexibility index (Phi) is 6.60. The van der Waals surface area contributed by atoms with Crippen LogP contribution in [0.2, 0.25) is 5.02 Å². The minimum Gasteiger partial charge on any atom is -0.354 e. The van der Waals surface area contributed by atoms with Gasteiger partial charge in [0.1, 0.15) is 6.04 Å². The van der Waals surface area contributed by atoms with Crippen molar-refractivity contribution < 1.29 is 9.59 Å². The van der Waals surface area contributed by atoms with Crippen LogP contribution in [0.1, 0.15) is 21.5 Å². The summed E-state index contributed by atoms with van der Waals surface area (Å²) in [5.74, 6) is 0.162. The van der Waals surface area contributed by atoms with E-state index in [4.69, 9.17) is 11.6 Å². The molecule has 2 amide bonds. The Morgan fingerprint density at radius 3 is 2.43 bits per heavy atom. The smallest absolute Gasteiger partial charge is 0.256 e. The summed E-state index contributed by atoms with van der Waals surface area (Å²) >= 11 is 6.24. The first-order chi connectivity index (χ1) is 13.1. The average Bonchev–Trinajstić information content (AvgIpc) is 2.65. The van der Waals surface area contributed by atoms with Gasteiger partial charge in [0, 0.05) is 38.5 Å². The number of carbonyl (C=O) groups excluding carboxylic acids is 2. The van der Waals surface area contributed by atoms with Crippen molar-refractivity contribution in [3.8, 4) is 0 Å². The van der Waals surface area contributed by atoms with Crippen LogP contribution in [0.25, 0.3) is 0 Å². The number of carbonyl (C=O) groups is 2. The summed E-state index contributed by atoms with van der Waals surface area (Å²) < 4.78 is 0. The van der Waals surface area contributed by atoms with Gasteiger partial charge in [-0.2, -0.15) is 0 Å². The molecule has 1 unspecified atom stereocenters. The molecule has 2 heterocycles. The highest BCUT2D eigenvalue weighted by atomic mass is 35.5. The molecule has 0 saturated carbocycles. The molecule has 0 aliphatic carbocycles. The summed E-state index contributed by atoms with van der Waals surface area (Å²) in [4.78, 5) is 27.8. The van der Waals surface area contributed by atoms with Crippen LogP contribution in [-0.4, -0.2) is 42.4 Å². The number of halogens is 2. The lowest BCUT2D eigenvalue weighted by Gasteiger charge is -2.37. The van der Waals surface area contributed by atoms with E-state index in [1.807, 2.05) is 24.3 Å². The maximum absolute atomic E-state index is 13.2. The Morgan fingerprint density at radius 2 is 1.75 bits per heavy atom. The summed E-state index contributed by atoms with van der Waals surface area (Å²) in [6.07, 6.45) is 0.515. The van der Waals surface area contributed by atoms with E-state index in [1.165, 1.54) is 0 Å². The maximum Gasteiger partial charge on any atom is 0.256 e. The number of nitrogens with zero attached hydrogens (tertiary/aromatic N) is 1. The average molecular weight is 420 g/mol. The van der Waals surface area contributed by atoms with Gasteiger partial charge in [0.2, 0.25) is 5.91 Å². The summed E-state index contributed by atoms with van der Waals surface area (Å²) in [7, 11) is 0. The summed E-state index contributed by atoms with van der Waals surface area (Å²) in [5.41, 5.74) is 2.62. The van der Waals surface area contributed by atoms with Crippen molar-refractivity contribution in [2.24, 2.45) is 5.92 Å². The number of rotatable bonds is 4. The minimum absolute atomic E-state index is 0. The van der Waals surface area contributed by atoms with E-state index in [9.17, 15) is 9.59 Å². The highest BCUT2D eigenvalue weighted by molar-refractivity contribution is 6.33. The number of nitrogens with one attached hydrogen (secondary N) is 2. The summed E-state index contributed by atoms with van der Waals surface area (Å²) in [5, 5.41) is 6.64.